The van der Waals surface area contributed by atoms with E-state index in [-0.39, 0.29) is 11.5 Å². The molecule has 2 aromatic carbocycles. The molecule has 0 heterocycles. The lowest BCUT2D eigenvalue weighted by molar-refractivity contribution is -0.728. The van der Waals surface area contributed by atoms with Crippen LogP contribution < -0.4 is 0 Å². The van der Waals surface area contributed by atoms with Crippen LogP contribution in [-0.2, 0) is 22.5 Å². The Hall–Kier alpha value is -3.35. The Morgan fingerprint density at radius 1 is 1.12 bits per heavy atom. The molecule has 7 heteroatoms. The van der Waals surface area contributed by atoms with Gasteiger partial charge in [-0.2, -0.15) is 0 Å². The fraction of sp³-hybridized carbons (Fsp3) is 0.118. The summed E-state index contributed by atoms with van der Waals surface area (Å²) in [6.45, 7) is 0. The Labute approximate surface area is 137 Å². The maximum atomic E-state index is 11.2. The third-order valence-electron chi connectivity index (χ3n) is 3.37. The van der Waals surface area contributed by atoms with E-state index in [0.29, 0.717) is 24.0 Å². The number of carbonyl (C=O) groups is 1. The van der Waals surface area contributed by atoms with E-state index in [1.165, 1.54) is 18.2 Å². The lowest BCUT2D eigenvalue weighted by atomic mass is 9.98. The molecule has 0 spiro atoms. The summed E-state index contributed by atoms with van der Waals surface area (Å²) < 4.78 is 0. The Kier molecular flexibility index (Phi) is 5.51. The molecule has 0 aliphatic carbocycles. The van der Waals surface area contributed by atoms with Crippen LogP contribution in [0.1, 0.15) is 16.7 Å². The van der Waals surface area contributed by atoms with Gasteiger partial charge in [0, 0.05) is 11.6 Å². The predicted octanol–water partition coefficient (Wildman–Crippen LogP) is 2.63. The van der Waals surface area contributed by atoms with Crippen LogP contribution in [0.25, 0.3) is 6.08 Å². The van der Waals surface area contributed by atoms with Crippen molar-refractivity contribution < 1.29 is 24.9 Å². The minimum atomic E-state index is -1.20. The van der Waals surface area contributed by atoms with E-state index < -0.39 is 11.1 Å². The number of nitrogens with zero attached hydrogens (tertiary/aromatic N) is 1. The minimum Gasteiger partial charge on any atom is -0.504 e. The van der Waals surface area contributed by atoms with Gasteiger partial charge in [0.05, 0.1) is 0 Å². The smallest absolute Gasteiger partial charge is 0.327 e. The number of carbonyl (C=O) groups excluding carboxylic acids is 1. The molecule has 24 heavy (non-hydrogen) atoms. The van der Waals surface area contributed by atoms with E-state index in [1.807, 2.05) is 30.3 Å². The maximum Gasteiger partial charge on any atom is 0.327 e. The van der Waals surface area contributed by atoms with Crippen LogP contribution in [-0.4, -0.2) is 21.3 Å². The van der Waals surface area contributed by atoms with E-state index in [0.717, 1.165) is 11.6 Å². The largest absolute Gasteiger partial charge is 0.504 e. The Balaban J connectivity index is 2.22. The fourth-order valence-corrected chi connectivity index (χ4v) is 2.23. The van der Waals surface area contributed by atoms with E-state index in [4.69, 9.17) is 0 Å². The summed E-state index contributed by atoms with van der Waals surface area (Å²) in [5, 5.41) is 28.6. The first kappa shape index (κ1) is 17.0. The monoisotopic (exact) mass is 329 g/mol. The lowest BCUT2D eigenvalue weighted by Gasteiger charge is -2.10. The van der Waals surface area contributed by atoms with Gasteiger partial charge in [0.2, 0.25) is 0 Å². The second-order valence-corrected chi connectivity index (χ2v) is 4.95. The van der Waals surface area contributed by atoms with E-state index >= 15 is 0 Å². The van der Waals surface area contributed by atoms with Crippen LogP contribution in [0.15, 0.2) is 48.5 Å². The fourth-order valence-electron chi connectivity index (χ4n) is 2.23. The summed E-state index contributed by atoms with van der Waals surface area (Å²) in [6, 6.07) is 12.3. The Morgan fingerprint density at radius 3 is 2.50 bits per heavy atom. The van der Waals surface area contributed by atoms with Gasteiger partial charge < -0.3 is 10.2 Å². The van der Waals surface area contributed by atoms with Crippen molar-refractivity contribution in [2.24, 2.45) is 0 Å². The molecule has 0 radical (unpaired) electrons. The van der Waals surface area contributed by atoms with Gasteiger partial charge in [-0.05, 0) is 36.1 Å². The summed E-state index contributed by atoms with van der Waals surface area (Å²) >= 11 is 0. The summed E-state index contributed by atoms with van der Waals surface area (Å²) in [5.74, 6) is -1.69. The third-order valence-corrected chi connectivity index (χ3v) is 3.37. The van der Waals surface area contributed by atoms with Gasteiger partial charge in [0.15, 0.2) is 11.5 Å². The first-order valence-electron chi connectivity index (χ1n) is 7.09. The standard InChI is InChI=1S/C17H15NO6/c19-15-10-7-13(8-11-16(20)24-18(22)23)14(17(15)21)9-6-12-4-2-1-3-5-12/h1-5,7-8,10-11,19,21H,6,9H2. The highest BCUT2D eigenvalue weighted by Gasteiger charge is 2.12. The molecule has 0 bridgehead atoms. The zero-order chi connectivity index (χ0) is 17.5. The van der Waals surface area contributed by atoms with Gasteiger partial charge in [-0.1, -0.05) is 36.4 Å². The number of hydrogen-bond donors (Lipinski definition) is 2. The zero-order valence-electron chi connectivity index (χ0n) is 12.6. The van der Waals surface area contributed by atoms with E-state index in [1.54, 1.807) is 0 Å². The van der Waals surface area contributed by atoms with Crippen LogP contribution in [0, 0.1) is 10.1 Å². The Morgan fingerprint density at radius 2 is 1.83 bits per heavy atom. The van der Waals surface area contributed by atoms with Gasteiger partial charge in [-0.3, -0.25) is 4.79 Å². The van der Waals surface area contributed by atoms with E-state index in [2.05, 4.69) is 4.84 Å². The highest BCUT2D eigenvalue weighted by atomic mass is 17.0. The van der Waals surface area contributed by atoms with Crippen LogP contribution in [0.4, 0.5) is 0 Å². The van der Waals surface area contributed by atoms with Crippen molar-refractivity contribution in [3.8, 4) is 11.5 Å². The highest BCUT2D eigenvalue weighted by molar-refractivity contribution is 5.87. The molecule has 2 aromatic rings. The SMILES string of the molecule is O=C(C=Cc1ccc(O)c(O)c1CCc1ccccc1)O[N+](=O)[O-]. The highest BCUT2D eigenvalue weighted by Crippen LogP contribution is 2.33. The molecular formula is C17H15NO6. The summed E-state index contributed by atoms with van der Waals surface area (Å²) in [5.41, 5.74) is 1.94. The summed E-state index contributed by atoms with van der Waals surface area (Å²) in [7, 11) is 0. The van der Waals surface area contributed by atoms with Crippen molar-refractivity contribution in [2.75, 3.05) is 0 Å². The van der Waals surface area contributed by atoms with Crippen molar-refractivity contribution in [1.29, 1.82) is 0 Å². The molecule has 2 rings (SSSR count). The quantitative estimate of drug-likeness (QED) is 0.365. The van der Waals surface area contributed by atoms with Crippen LogP contribution in [0.2, 0.25) is 0 Å². The normalized spacial score (nSPS) is 10.7. The molecule has 0 aliphatic rings. The summed E-state index contributed by atoms with van der Waals surface area (Å²) in [6.07, 6.45) is 3.21. The second kappa shape index (κ2) is 7.77. The topological polar surface area (TPSA) is 110 Å². The van der Waals surface area contributed by atoms with Gasteiger partial charge in [-0.15, -0.1) is 10.1 Å². The van der Waals surface area contributed by atoms with Gasteiger partial charge >= 0.3 is 11.1 Å². The molecule has 0 aliphatic heterocycles. The molecule has 0 aromatic heterocycles. The number of phenols is 2. The molecule has 0 unspecified atom stereocenters. The van der Waals surface area contributed by atoms with Gasteiger partial charge in [0.25, 0.3) is 0 Å². The predicted molar refractivity (Wildman–Crippen MR) is 85.7 cm³/mol. The number of hydrogen-bond acceptors (Lipinski definition) is 6. The molecule has 0 fully saturated rings. The molecular weight excluding hydrogens is 314 g/mol. The number of phenolic OH excluding ortho intramolecular Hbond substituents is 2. The van der Waals surface area contributed by atoms with Crippen molar-refractivity contribution in [3.63, 3.8) is 0 Å². The first-order valence-corrected chi connectivity index (χ1v) is 7.09. The van der Waals surface area contributed by atoms with Crippen molar-refractivity contribution >= 4 is 12.0 Å². The molecule has 7 nitrogen and oxygen atoms in total. The molecule has 0 saturated carbocycles. The number of benzene rings is 2. The first-order chi connectivity index (χ1) is 11.5. The minimum absolute atomic E-state index is 0.275. The van der Waals surface area contributed by atoms with Crippen molar-refractivity contribution in [2.45, 2.75) is 12.8 Å². The maximum absolute atomic E-state index is 11.2. The third kappa shape index (κ3) is 4.57. The molecule has 0 amide bonds. The van der Waals surface area contributed by atoms with Gasteiger partial charge in [-0.25, -0.2) is 4.84 Å². The number of aromatic hydroxyl groups is 2. The summed E-state index contributed by atoms with van der Waals surface area (Å²) in [4.78, 5) is 25.1. The number of aryl methyl sites for hydroxylation is 1. The zero-order valence-corrected chi connectivity index (χ0v) is 12.6. The lowest BCUT2D eigenvalue weighted by Crippen LogP contribution is -2.06. The van der Waals surface area contributed by atoms with Crippen LogP contribution in [0.5, 0.6) is 11.5 Å². The average Bonchev–Trinajstić information content (AvgIpc) is 2.55. The Bertz CT molecular complexity index is 770. The van der Waals surface area contributed by atoms with Crippen LogP contribution >= 0.6 is 0 Å². The molecule has 124 valence electrons. The second-order valence-electron chi connectivity index (χ2n) is 4.95. The van der Waals surface area contributed by atoms with Gasteiger partial charge in [0.1, 0.15) is 0 Å². The molecule has 2 N–H and O–H groups in total. The van der Waals surface area contributed by atoms with E-state index in [9.17, 15) is 25.1 Å². The molecule has 0 atom stereocenters. The average molecular weight is 329 g/mol. The molecule has 0 saturated heterocycles. The number of rotatable bonds is 6. The van der Waals surface area contributed by atoms with Crippen molar-refractivity contribution in [3.05, 3.63) is 75.3 Å². The van der Waals surface area contributed by atoms with Crippen molar-refractivity contribution in [1.82, 2.24) is 0 Å². The van der Waals surface area contributed by atoms with Crippen LogP contribution in [0.3, 0.4) is 0 Å².